The smallest absolute Gasteiger partial charge is 0.262 e. The van der Waals surface area contributed by atoms with Crippen molar-refractivity contribution in [1.82, 2.24) is 0 Å². The lowest BCUT2D eigenvalue weighted by Crippen LogP contribution is -2.20. The van der Waals surface area contributed by atoms with Gasteiger partial charge in [-0.15, -0.1) is 0 Å². The van der Waals surface area contributed by atoms with Crippen LogP contribution in [0, 0.1) is 0 Å². The topological polar surface area (TPSA) is 47.6 Å². The third-order valence-corrected chi connectivity index (χ3v) is 2.97. The molecule has 2 aromatic rings. The van der Waals surface area contributed by atoms with Gasteiger partial charge in [-0.25, -0.2) is 0 Å². The highest BCUT2D eigenvalue weighted by Crippen LogP contribution is 2.25. The Morgan fingerprint density at radius 3 is 2.43 bits per heavy atom. The van der Waals surface area contributed by atoms with Crippen LogP contribution in [0.2, 0.25) is 5.02 Å². The Kier molecular flexibility index (Phi) is 5.46. The van der Waals surface area contributed by atoms with E-state index >= 15 is 0 Å². The molecule has 0 saturated carbocycles. The van der Waals surface area contributed by atoms with E-state index in [0.29, 0.717) is 28.8 Å². The lowest BCUT2D eigenvalue weighted by Gasteiger charge is -2.12. The molecule has 1 amide bonds. The first-order chi connectivity index (χ1) is 10.2. The Morgan fingerprint density at radius 1 is 1.05 bits per heavy atom. The Morgan fingerprint density at radius 2 is 1.71 bits per heavy atom. The fraction of sp³-hybridized carbons (Fsp3) is 0.188. The van der Waals surface area contributed by atoms with E-state index in [2.05, 4.69) is 5.32 Å². The zero-order valence-corrected chi connectivity index (χ0v) is 12.4. The van der Waals surface area contributed by atoms with Crippen LogP contribution in [0.25, 0.3) is 0 Å². The Labute approximate surface area is 128 Å². The summed E-state index contributed by atoms with van der Waals surface area (Å²) in [6, 6.07) is 14.3. The number of hydrogen-bond donors (Lipinski definition) is 1. The maximum absolute atomic E-state index is 11.9. The van der Waals surface area contributed by atoms with E-state index in [1.165, 1.54) is 0 Å². The van der Waals surface area contributed by atoms with Gasteiger partial charge in [0, 0.05) is 0 Å². The van der Waals surface area contributed by atoms with E-state index in [1.54, 1.807) is 36.4 Å². The molecule has 21 heavy (non-hydrogen) atoms. The van der Waals surface area contributed by atoms with Crippen LogP contribution in [0.3, 0.4) is 0 Å². The van der Waals surface area contributed by atoms with Crippen LogP contribution in [0.15, 0.2) is 48.5 Å². The highest BCUT2D eigenvalue weighted by atomic mass is 35.5. The average molecular weight is 306 g/mol. The van der Waals surface area contributed by atoms with E-state index in [0.717, 1.165) is 0 Å². The first kappa shape index (κ1) is 15.2. The number of benzene rings is 2. The molecule has 0 fully saturated rings. The number of hydrogen-bond acceptors (Lipinski definition) is 3. The lowest BCUT2D eigenvalue weighted by molar-refractivity contribution is -0.118. The van der Waals surface area contributed by atoms with Gasteiger partial charge in [-0.2, -0.15) is 0 Å². The van der Waals surface area contributed by atoms with Crippen molar-refractivity contribution in [2.24, 2.45) is 0 Å². The summed E-state index contributed by atoms with van der Waals surface area (Å²) in [5, 5.41) is 3.23. The van der Waals surface area contributed by atoms with Gasteiger partial charge in [-0.1, -0.05) is 35.9 Å². The van der Waals surface area contributed by atoms with E-state index < -0.39 is 0 Å². The second-order valence-corrected chi connectivity index (χ2v) is 4.60. The number of carbonyl (C=O) groups is 1. The van der Waals surface area contributed by atoms with Gasteiger partial charge in [-0.3, -0.25) is 4.79 Å². The van der Waals surface area contributed by atoms with Gasteiger partial charge in [0.25, 0.3) is 5.91 Å². The summed E-state index contributed by atoms with van der Waals surface area (Å²) in [4.78, 5) is 11.9. The van der Waals surface area contributed by atoms with Gasteiger partial charge in [-0.05, 0) is 31.2 Å². The van der Waals surface area contributed by atoms with Gasteiger partial charge < -0.3 is 14.8 Å². The third kappa shape index (κ3) is 4.39. The molecule has 0 bridgehead atoms. The summed E-state index contributed by atoms with van der Waals surface area (Å²) in [5.41, 5.74) is 0.618. The number of para-hydroxylation sites is 3. The molecule has 0 radical (unpaired) electrons. The Hall–Kier alpha value is -2.20. The molecular weight excluding hydrogens is 290 g/mol. The molecule has 5 heteroatoms. The number of carbonyl (C=O) groups excluding carboxylic acids is 1. The SMILES string of the molecule is CCOc1ccccc1NC(=O)COc1ccccc1Cl. The summed E-state index contributed by atoms with van der Waals surface area (Å²) in [5.74, 6) is 0.834. The minimum Gasteiger partial charge on any atom is -0.492 e. The fourth-order valence-corrected chi connectivity index (χ4v) is 1.93. The highest BCUT2D eigenvalue weighted by molar-refractivity contribution is 6.32. The minimum atomic E-state index is -0.276. The van der Waals surface area contributed by atoms with E-state index in [1.807, 2.05) is 19.1 Å². The molecule has 1 N–H and O–H groups in total. The average Bonchev–Trinajstić information content (AvgIpc) is 2.49. The van der Waals surface area contributed by atoms with Crippen LogP contribution in [-0.2, 0) is 4.79 Å². The first-order valence-corrected chi connectivity index (χ1v) is 6.97. The van der Waals surface area contributed by atoms with Crippen molar-refractivity contribution in [3.63, 3.8) is 0 Å². The molecule has 110 valence electrons. The second kappa shape index (κ2) is 7.55. The summed E-state index contributed by atoms with van der Waals surface area (Å²) in [6.07, 6.45) is 0. The van der Waals surface area contributed by atoms with Crippen molar-refractivity contribution in [2.75, 3.05) is 18.5 Å². The molecular formula is C16H16ClNO3. The normalized spacial score (nSPS) is 10.0. The van der Waals surface area contributed by atoms with Crippen LogP contribution in [-0.4, -0.2) is 19.1 Å². The number of amides is 1. The van der Waals surface area contributed by atoms with Crippen LogP contribution >= 0.6 is 11.6 Å². The first-order valence-electron chi connectivity index (χ1n) is 6.59. The Bertz CT molecular complexity index is 616. The van der Waals surface area contributed by atoms with Gasteiger partial charge in [0.15, 0.2) is 6.61 Å². The predicted octanol–water partition coefficient (Wildman–Crippen LogP) is 3.76. The van der Waals surface area contributed by atoms with E-state index in [4.69, 9.17) is 21.1 Å². The van der Waals surface area contributed by atoms with Crippen LogP contribution in [0.5, 0.6) is 11.5 Å². The van der Waals surface area contributed by atoms with Gasteiger partial charge >= 0.3 is 0 Å². The van der Waals surface area contributed by atoms with Crippen molar-refractivity contribution in [3.8, 4) is 11.5 Å². The summed E-state index contributed by atoms with van der Waals surface area (Å²) < 4.78 is 10.8. The number of anilines is 1. The van der Waals surface area contributed by atoms with Crippen molar-refractivity contribution in [2.45, 2.75) is 6.92 Å². The summed E-state index contributed by atoms with van der Waals surface area (Å²) >= 11 is 5.96. The standard InChI is InChI=1S/C16H16ClNO3/c1-2-20-15-10-6-4-8-13(15)18-16(19)11-21-14-9-5-3-7-12(14)17/h3-10H,2,11H2,1H3,(H,18,19). The predicted molar refractivity (Wildman–Crippen MR) is 83.2 cm³/mol. The molecule has 0 aliphatic carbocycles. The van der Waals surface area contributed by atoms with Crippen LogP contribution in [0.4, 0.5) is 5.69 Å². The molecule has 0 aromatic heterocycles. The highest BCUT2D eigenvalue weighted by Gasteiger charge is 2.09. The quantitative estimate of drug-likeness (QED) is 0.884. The van der Waals surface area contributed by atoms with Gasteiger partial charge in [0.05, 0.1) is 17.3 Å². The van der Waals surface area contributed by atoms with Crippen molar-refractivity contribution >= 4 is 23.2 Å². The molecule has 2 rings (SSSR count). The van der Waals surface area contributed by atoms with Crippen LogP contribution < -0.4 is 14.8 Å². The van der Waals surface area contributed by atoms with Gasteiger partial charge in [0.1, 0.15) is 11.5 Å². The van der Waals surface area contributed by atoms with E-state index in [-0.39, 0.29) is 12.5 Å². The molecule has 0 saturated heterocycles. The molecule has 0 unspecified atom stereocenters. The second-order valence-electron chi connectivity index (χ2n) is 4.20. The summed E-state index contributed by atoms with van der Waals surface area (Å²) in [7, 11) is 0. The maximum atomic E-state index is 11.9. The largest absolute Gasteiger partial charge is 0.492 e. The summed E-state index contributed by atoms with van der Waals surface area (Å²) in [6.45, 7) is 2.30. The molecule has 0 aliphatic heterocycles. The van der Waals surface area contributed by atoms with E-state index in [9.17, 15) is 4.79 Å². The number of nitrogens with one attached hydrogen (secondary N) is 1. The maximum Gasteiger partial charge on any atom is 0.262 e. The zero-order valence-electron chi connectivity index (χ0n) is 11.6. The minimum absolute atomic E-state index is 0.121. The van der Waals surface area contributed by atoms with Crippen molar-refractivity contribution in [3.05, 3.63) is 53.6 Å². The molecule has 0 heterocycles. The van der Waals surface area contributed by atoms with Crippen LogP contribution in [0.1, 0.15) is 6.92 Å². The number of halogens is 1. The molecule has 4 nitrogen and oxygen atoms in total. The fourth-order valence-electron chi connectivity index (χ4n) is 1.74. The molecule has 0 spiro atoms. The Balaban J connectivity index is 1.95. The molecule has 0 aliphatic rings. The van der Waals surface area contributed by atoms with Crippen molar-refractivity contribution in [1.29, 1.82) is 0 Å². The van der Waals surface area contributed by atoms with Crippen molar-refractivity contribution < 1.29 is 14.3 Å². The monoisotopic (exact) mass is 305 g/mol. The lowest BCUT2D eigenvalue weighted by atomic mass is 10.3. The molecule has 0 atom stereocenters. The van der Waals surface area contributed by atoms with Gasteiger partial charge in [0.2, 0.25) is 0 Å². The zero-order chi connectivity index (χ0) is 15.1. The number of rotatable bonds is 6. The molecule has 2 aromatic carbocycles. The third-order valence-electron chi connectivity index (χ3n) is 2.66. The number of ether oxygens (including phenoxy) is 2.